The van der Waals surface area contributed by atoms with E-state index in [9.17, 15) is 0 Å². The molecule has 78 valence electrons. The van der Waals surface area contributed by atoms with E-state index in [-0.39, 0.29) is 0 Å². The summed E-state index contributed by atoms with van der Waals surface area (Å²) in [6.45, 7) is 2.56. The Morgan fingerprint density at radius 1 is 1.43 bits per heavy atom. The fraction of sp³-hybridized carbons (Fsp3) is 0.400. The van der Waals surface area contributed by atoms with Crippen LogP contribution >= 0.6 is 0 Å². The highest BCUT2D eigenvalue weighted by Crippen LogP contribution is 2.26. The van der Waals surface area contributed by atoms with Gasteiger partial charge in [0, 0.05) is 13.1 Å². The molecule has 0 unspecified atom stereocenters. The van der Waals surface area contributed by atoms with Crippen LogP contribution in [0.2, 0.25) is 0 Å². The second-order valence-electron chi connectivity index (χ2n) is 2.84. The molecule has 0 heterocycles. The molecular weight excluding hydrogens is 180 g/mol. The minimum absolute atomic E-state index is 0.626. The summed E-state index contributed by atoms with van der Waals surface area (Å²) in [5, 5.41) is 1.68. The number of nitrogens with zero attached hydrogens (tertiary/aromatic N) is 1. The Bertz CT molecular complexity index is 302. The highest BCUT2D eigenvalue weighted by atomic mass is 16.7. The van der Waals surface area contributed by atoms with E-state index in [0.717, 1.165) is 5.69 Å². The molecule has 0 aliphatic rings. The number of nitrogen functional groups attached to an aromatic ring is 1. The minimum atomic E-state index is 0.626. The molecule has 0 radical (unpaired) electrons. The highest BCUT2D eigenvalue weighted by molar-refractivity contribution is 5.61. The molecule has 0 saturated carbocycles. The fourth-order valence-electron chi connectivity index (χ4n) is 1.16. The molecule has 0 fully saturated rings. The Kier molecular flexibility index (Phi) is 3.59. The van der Waals surface area contributed by atoms with Gasteiger partial charge in [0.25, 0.3) is 0 Å². The topological polar surface area (TPSA) is 47.7 Å². The van der Waals surface area contributed by atoms with Gasteiger partial charge in [0.1, 0.15) is 5.75 Å². The maximum atomic E-state index is 5.69. The first kappa shape index (κ1) is 10.7. The van der Waals surface area contributed by atoms with Crippen LogP contribution in [-0.2, 0) is 4.84 Å². The van der Waals surface area contributed by atoms with Crippen molar-refractivity contribution in [3.63, 3.8) is 0 Å². The molecule has 1 aromatic carbocycles. The molecule has 0 spiro atoms. The number of hydrogen-bond acceptors (Lipinski definition) is 4. The Morgan fingerprint density at radius 2 is 2.14 bits per heavy atom. The van der Waals surface area contributed by atoms with E-state index in [1.807, 2.05) is 26.1 Å². The summed E-state index contributed by atoms with van der Waals surface area (Å²) in [5.74, 6) is 0.661. The average molecular weight is 196 g/mol. The first-order valence-electron chi connectivity index (χ1n) is 4.49. The molecule has 0 amide bonds. The van der Waals surface area contributed by atoms with Crippen molar-refractivity contribution < 1.29 is 9.57 Å². The zero-order chi connectivity index (χ0) is 10.6. The summed E-state index contributed by atoms with van der Waals surface area (Å²) >= 11 is 0. The number of rotatable bonds is 4. The van der Waals surface area contributed by atoms with Crippen molar-refractivity contribution in [3.8, 4) is 5.75 Å². The van der Waals surface area contributed by atoms with Crippen LogP contribution in [0.15, 0.2) is 18.2 Å². The number of hydroxylamine groups is 1. The number of hydrogen-bond donors (Lipinski definition) is 1. The number of benzene rings is 1. The van der Waals surface area contributed by atoms with Crippen LogP contribution in [0.1, 0.15) is 6.92 Å². The van der Waals surface area contributed by atoms with Crippen molar-refractivity contribution in [1.82, 2.24) is 0 Å². The second-order valence-corrected chi connectivity index (χ2v) is 2.84. The SMILES string of the molecule is CCON(C)c1ccc(N)c(OC)c1. The van der Waals surface area contributed by atoms with Crippen LogP contribution in [0.5, 0.6) is 5.75 Å². The van der Waals surface area contributed by atoms with Crippen molar-refractivity contribution in [1.29, 1.82) is 0 Å². The molecule has 0 bridgehead atoms. The molecule has 4 heteroatoms. The van der Waals surface area contributed by atoms with E-state index in [2.05, 4.69) is 0 Å². The first-order chi connectivity index (χ1) is 6.69. The van der Waals surface area contributed by atoms with Gasteiger partial charge in [-0.1, -0.05) is 0 Å². The molecule has 0 saturated heterocycles. The third-order valence-corrected chi connectivity index (χ3v) is 1.90. The lowest BCUT2D eigenvalue weighted by Gasteiger charge is -2.18. The molecule has 0 aromatic heterocycles. The number of nitrogens with two attached hydrogens (primary N) is 1. The predicted octanol–water partition coefficient (Wildman–Crippen LogP) is 1.67. The Morgan fingerprint density at radius 3 is 2.71 bits per heavy atom. The normalized spacial score (nSPS) is 9.93. The summed E-state index contributed by atoms with van der Waals surface area (Å²) in [4.78, 5) is 5.30. The zero-order valence-electron chi connectivity index (χ0n) is 8.78. The summed E-state index contributed by atoms with van der Waals surface area (Å²) in [5.41, 5.74) is 7.23. The second kappa shape index (κ2) is 4.72. The first-order valence-corrected chi connectivity index (χ1v) is 4.49. The van der Waals surface area contributed by atoms with E-state index in [1.165, 1.54) is 0 Å². The molecule has 0 aliphatic carbocycles. The van der Waals surface area contributed by atoms with E-state index >= 15 is 0 Å². The summed E-state index contributed by atoms with van der Waals surface area (Å²) in [7, 11) is 3.44. The molecule has 2 N–H and O–H groups in total. The van der Waals surface area contributed by atoms with Crippen molar-refractivity contribution >= 4 is 11.4 Å². The Labute approximate surface area is 84.2 Å². The van der Waals surface area contributed by atoms with Gasteiger partial charge < -0.3 is 10.5 Å². The largest absolute Gasteiger partial charge is 0.495 e. The quantitative estimate of drug-likeness (QED) is 0.587. The van der Waals surface area contributed by atoms with Crippen LogP contribution in [0.4, 0.5) is 11.4 Å². The van der Waals surface area contributed by atoms with Gasteiger partial charge in [-0.2, -0.15) is 0 Å². The van der Waals surface area contributed by atoms with E-state index in [4.69, 9.17) is 15.3 Å². The maximum Gasteiger partial charge on any atom is 0.143 e. The van der Waals surface area contributed by atoms with Crippen molar-refractivity contribution in [2.75, 3.05) is 31.6 Å². The van der Waals surface area contributed by atoms with Crippen molar-refractivity contribution in [3.05, 3.63) is 18.2 Å². The maximum absolute atomic E-state index is 5.69. The monoisotopic (exact) mass is 196 g/mol. The van der Waals surface area contributed by atoms with Crippen LogP contribution in [0.3, 0.4) is 0 Å². The van der Waals surface area contributed by atoms with E-state index in [1.54, 1.807) is 18.2 Å². The van der Waals surface area contributed by atoms with Crippen LogP contribution in [0.25, 0.3) is 0 Å². The van der Waals surface area contributed by atoms with Gasteiger partial charge in [-0.05, 0) is 19.1 Å². The fourth-order valence-corrected chi connectivity index (χ4v) is 1.16. The third kappa shape index (κ3) is 2.29. The number of ether oxygens (including phenoxy) is 1. The van der Waals surface area contributed by atoms with Crippen LogP contribution in [0, 0.1) is 0 Å². The Balaban J connectivity index is 2.88. The number of methoxy groups -OCH3 is 1. The molecule has 0 atom stereocenters. The van der Waals surface area contributed by atoms with Gasteiger partial charge in [-0.3, -0.25) is 9.90 Å². The summed E-state index contributed by atoms with van der Waals surface area (Å²) in [6, 6.07) is 5.52. The van der Waals surface area contributed by atoms with Gasteiger partial charge in [0.05, 0.1) is 25.1 Å². The van der Waals surface area contributed by atoms with Crippen molar-refractivity contribution in [2.24, 2.45) is 0 Å². The van der Waals surface area contributed by atoms with Crippen LogP contribution < -0.4 is 15.5 Å². The lowest BCUT2D eigenvalue weighted by molar-refractivity contribution is 0.135. The van der Waals surface area contributed by atoms with Gasteiger partial charge in [-0.25, -0.2) is 0 Å². The third-order valence-electron chi connectivity index (χ3n) is 1.90. The molecule has 14 heavy (non-hydrogen) atoms. The van der Waals surface area contributed by atoms with E-state index in [0.29, 0.717) is 18.0 Å². The molecule has 1 rings (SSSR count). The van der Waals surface area contributed by atoms with E-state index < -0.39 is 0 Å². The zero-order valence-corrected chi connectivity index (χ0v) is 8.78. The summed E-state index contributed by atoms with van der Waals surface area (Å²) in [6.07, 6.45) is 0. The van der Waals surface area contributed by atoms with Gasteiger partial charge in [0.2, 0.25) is 0 Å². The molecule has 1 aromatic rings. The molecular formula is C10H16N2O2. The lowest BCUT2D eigenvalue weighted by atomic mass is 10.2. The average Bonchev–Trinajstić information content (AvgIpc) is 2.19. The van der Waals surface area contributed by atoms with Crippen LogP contribution in [-0.4, -0.2) is 20.8 Å². The highest BCUT2D eigenvalue weighted by Gasteiger charge is 2.04. The minimum Gasteiger partial charge on any atom is -0.495 e. The molecule has 0 aliphatic heterocycles. The lowest BCUT2D eigenvalue weighted by Crippen LogP contribution is -2.17. The van der Waals surface area contributed by atoms with Gasteiger partial charge in [-0.15, -0.1) is 0 Å². The van der Waals surface area contributed by atoms with Crippen molar-refractivity contribution in [2.45, 2.75) is 6.92 Å². The number of anilines is 2. The van der Waals surface area contributed by atoms with Gasteiger partial charge >= 0.3 is 0 Å². The standard InChI is InChI=1S/C10H16N2O2/c1-4-14-12(2)8-5-6-9(11)10(7-8)13-3/h5-7H,4,11H2,1-3H3. The summed E-state index contributed by atoms with van der Waals surface area (Å²) < 4.78 is 5.11. The van der Waals surface area contributed by atoms with Gasteiger partial charge in [0.15, 0.2) is 0 Å². The predicted molar refractivity (Wildman–Crippen MR) is 57.4 cm³/mol. The smallest absolute Gasteiger partial charge is 0.143 e. The molecule has 4 nitrogen and oxygen atoms in total. The Hall–Kier alpha value is -1.42.